The summed E-state index contributed by atoms with van der Waals surface area (Å²) in [5.74, 6) is 0. The van der Waals surface area contributed by atoms with Crippen LogP contribution in [0.25, 0.3) is 10.9 Å². The molecule has 0 atom stereocenters. The normalized spacial score (nSPS) is 14.9. The second-order valence-corrected chi connectivity index (χ2v) is 7.40. The zero-order chi connectivity index (χ0) is 16.5. The van der Waals surface area contributed by atoms with E-state index in [0.29, 0.717) is 0 Å². The van der Waals surface area contributed by atoms with E-state index in [2.05, 4.69) is 34.1 Å². The smallest absolute Gasteiger partial charge is 0.0460 e. The summed E-state index contributed by atoms with van der Waals surface area (Å²) in [5, 5.41) is 2.91. The van der Waals surface area contributed by atoms with E-state index in [9.17, 15) is 0 Å². The maximum absolute atomic E-state index is 6.15. The highest BCUT2D eigenvalue weighted by atomic mass is 35.5. The minimum absolute atomic E-state index is 0.807. The van der Waals surface area contributed by atoms with Crippen LogP contribution in [0.1, 0.15) is 23.2 Å². The third-order valence-corrected chi connectivity index (χ3v) is 5.36. The topological polar surface area (TPSA) is 19.0 Å². The summed E-state index contributed by atoms with van der Waals surface area (Å²) in [6, 6.07) is 14.3. The zero-order valence-corrected chi connectivity index (χ0v) is 15.0. The van der Waals surface area contributed by atoms with Crippen LogP contribution in [0.3, 0.4) is 0 Å². The Balaban J connectivity index is 1.39. The highest BCUT2D eigenvalue weighted by Gasteiger charge is 2.20. The van der Waals surface area contributed by atoms with Crippen LogP contribution in [-0.4, -0.2) is 23.0 Å². The first-order valence-electron chi connectivity index (χ1n) is 8.45. The third kappa shape index (κ3) is 3.32. The molecule has 0 amide bonds. The summed E-state index contributed by atoms with van der Waals surface area (Å²) in [7, 11) is 0. The van der Waals surface area contributed by atoms with Crippen molar-refractivity contribution in [1.29, 1.82) is 0 Å². The summed E-state index contributed by atoms with van der Waals surface area (Å²) < 4.78 is 0. The first-order valence-corrected chi connectivity index (χ1v) is 9.20. The maximum atomic E-state index is 6.15. The van der Waals surface area contributed by atoms with Crippen LogP contribution in [0.2, 0.25) is 10.0 Å². The van der Waals surface area contributed by atoms with E-state index in [0.717, 1.165) is 42.5 Å². The van der Waals surface area contributed by atoms with Crippen molar-refractivity contribution in [3.05, 3.63) is 69.3 Å². The number of hydrogen-bond donors (Lipinski definition) is 1. The molecule has 0 aliphatic carbocycles. The molecule has 124 valence electrons. The van der Waals surface area contributed by atoms with Gasteiger partial charge in [-0.3, -0.25) is 4.90 Å². The van der Waals surface area contributed by atoms with Crippen molar-refractivity contribution in [2.75, 3.05) is 13.1 Å². The van der Waals surface area contributed by atoms with Crippen LogP contribution in [0.15, 0.2) is 42.5 Å². The fraction of sp³-hybridized carbons (Fsp3) is 0.300. The average molecular weight is 359 g/mol. The van der Waals surface area contributed by atoms with Crippen LogP contribution in [0, 0.1) is 0 Å². The predicted molar refractivity (Wildman–Crippen MR) is 102 cm³/mol. The van der Waals surface area contributed by atoms with Gasteiger partial charge in [0.05, 0.1) is 0 Å². The highest BCUT2D eigenvalue weighted by molar-refractivity contribution is 6.31. The lowest BCUT2D eigenvalue weighted by Crippen LogP contribution is -2.31. The summed E-state index contributed by atoms with van der Waals surface area (Å²) in [6.45, 7) is 3.24. The van der Waals surface area contributed by atoms with Gasteiger partial charge in [0, 0.05) is 39.7 Å². The van der Waals surface area contributed by atoms with Gasteiger partial charge in [-0.2, -0.15) is 0 Å². The summed E-state index contributed by atoms with van der Waals surface area (Å²) in [5.41, 5.74) is 5.36. The monoisotopic (exact) mass is 358 g/mol. The van der Waals surface area contributed by atoms with E-state index >= 15 is 0 Å². The van der Waals surface area contributed by atoms with E-state index in [-0.39, 0.29) is 0 Å². The molecule has 2 nitrogen and oxygen atoms in total. The Labute approximate surface area is 152 Å². The minimum atomic E-state index is 0.807. The number of nitrogens with zero attached hydrogens (tertiary/aromatic N) is 1. The van der Waals surface area contributed by atoms with E-state index in [1.54, 1.807) is 0 Å². The molecule has 0 bridgehead atoms. The molecule has 0 fully saturated rings. The molecule has 0 unspecified atom stereocenters. The molecule has 1 aliphatic heterocycles. The Morgan fingerprint density at radius 3 is 2.62 bits per heavy atom. The molecule has 0 saturated carbocycles. The molecule has 24 heavy (non-hydrogen) atoms. The number of benzene rings is 2. The van der Waals surface area contributed by atoms with E-state index in [1.165, 1.54) is 34.1 Å². The Morgan fingerprint density at radius 1 is 1.00 bits per heavy atom. The average Bonchev–Trinajstić information content (AvgIpc) is 2.94. The number of aryl methyl sites for hydroxylation is 1. The molecule has 2 heterocycles. The summed E-state index contributed by atoms with van der Waals surface area (Å²) in [6.07, 6.45) is 3.36. The second-order valence-electron chi connectivity index (χ2n) is 6.53. The van der Waals surface area contributed by atoms with Crippen molar-refractivity contribution >= 4 is 34.1 Å². The standard InChI is InChI=1S/C20H20Cl2N2/c21-15-5-3-14(4-6-15)2-1-10-24-11-9-17-18-12-16(22)7-8-19(18)23-20(17)13-24/h3-8,12,23H,1-2,9-11,13H2. The molecule has 4 rings (SSSR count). The third-order valence-electron chi connectivity index (χ3n) is 4.87. The Hall–Kier alpha value is -1.48. The van der Waals surface area contributed by atoms with Crippen molar-refractivity contribution in [2.45, 2.75) is 25.8 Å². The first kappa shape index (κ1) is 16.0. The number of halogens is 2. The lowest BCUT2D eigenvalue weighted by molar-refractivity contribution is 0.249. The van der Waals surface area contributed by atoms with Gasteiger partial charge in [-0.1, -0.05) is 35.3 Å². The van der Waals surface area contributed by atoms with Gasteiger partial charge in [0.1, 0.15) is 0 Å². The molecule has 0 radical (unpaired) electrons. The van der Waals surface area contributed by atoms with Gasteiger partial charge in [-0.05, 0) is 67.3 Å². The number of nitrogens with one attached hydrogen (secondary N) is 1. The molecular formula is C20H20Cl2N2. The Kier molecular flexibility index (Phi) is 4.53. The summed E-state index contributed by atoms with van der Waals surface area (Å²) >= 11 is 12.1. The number of rotatable bonds is 4. The number of aromatic amines is 1. The fourth-order valence-electron chi connectivity index (χ4n) is 3.62. The predicted octanol–water partition coefficient (Wildman–Crippen LogP) is 5.47. The molecule has 1 aliphatic rings. The Bertz CT molecular complexity index is 852. The summed E-state index contributed by atoms with van der Waals surface area (Å²) in [4.78, 5) is 6.11. The largest absolute Gasteiger partial charge is 0.357 e. The van der Waals surface area contributed by atoms with Crippen LogP contribution in [0.4, 0.5) is 0 Å². The van der Waals surface area contributed by atoms with Gasteiger partial charge in [0.25, 0.3) is 0 Å². The lowest BCUT2D eigenvalue weighted by atomic mass is 10.0. The quantitative estimate of drug-likeness (QED) is 0.655. The maximum Gasteiger partial charge on any atom is 0.0460 e. The van der Waals surface area contributed by atoms with Crippen molar-refractivity contribution in [3.8, 4) is 0 Å². The zero-order valence-electron chi connectivity index (χ0n) is 13.5. The SMILES string of the molecule is Clc1ccc(CCCN2CCc3c([nH]c4ccc(Cl)cc34)C2)cc1. The lowest BCUT2D eigenvalue weighted by Gasteiger charge is -2.26. The van der Waals surface area contributed by atoms with Gasteiger partial charge < -0.3 is 4.98 Å². The minimum Gasteiger partial charge on any atom is -0.357 e. The van der Waals surface area contributed by atoms with Crippen molar-refractivity contribution in [3.63, 3.8) is 0 Å². The first-order chi connectivity index (χ1) is 11.7. The van der Waals surface area contributed by atoms with Crippen molar-refractivity contribution in [2.24, 2.45) is 0 Å². The Morgan fingerprint density at radius 2 is 1.79 bits per heavy atom. The molecule has 0 saturated heterocycles. The van der Waals surface area contributed by atoms with Crippen LogP contribution in [0.5, 0.6) is 0 Å². The molecular weight excluding hydrogens is 339 g/mol. The van der Waals surface area contributed by atoms with E-state index in [1.807, 2.05) is 18.2 Å². The van der Waals surface area contributed by atoms with Gasteiger partial charge in [0.2, 0.25) is 0 Å². The molecule has 3 aromatic rings. The second kappa shape index (κ2) is 6.79. The molecule has 4 heteroatoms. The molecule has 0 spiro atoms. The number of hydrogen-bond acceptors (Lipinski definition) is 1. The van der Waals surface area contributed by atoms with Crippen molar-refractivity contribution < 1.29 is 0 Å². The van der Waals surface area contributed by atoms with Crippen molar-refractivity contribution in [1.82, 2.24) is 9.88 Å². The van der Waals surface area contributed by atoms with Gasteiger partial charge in [-0.15, -0.1) is 0 Å². The van der Waals surface area contributed by atoms with E-state index in [4.69, 9.17) is 23.2 Å². The van der Waals surface area contributed by atoms with Gasteiger partial charge >= 0.3 is 0 Å². The molecule has 1 N–H and O–H groups in total. The van der Waals surface area contributed by atoms with Crippen LogP contribution in [-0.2, 0) is 19.4 Å². The molecule has 2 aromatic carbocycles. The fourth-order valence-corrected chi connectivity index (χ4v) is 3.92. The molecule has 1 aromatic heterocycles. The number of aromatic nitrogens is 1. The van der Waals surface area contributed by atoms with Gasteiger partial charge in [0.15, 0.2) is 0 Å². The highest BCUT2D eigenvalue weighted by Crippen LogP contribution is 2.29. The van der Waals surface area contributed by atoms with E-state index < -0.39 is 0 Å². The van der Waals surface area contributed by atoms with Crippen LogP contribution >= 0.6 is 23.2 Å². The van der Waals surface area contributed by atoms with Gasteiger partial charge in [-0.25, -0.2) is 0 Å². The number of fused-ring (bicyclic) bond motifs is 3. The van der Waals surface area contributed by atoms with Crippen LogP contribution < -0.4 is 0 Å². The number of H-pyrrole nitrogens is 1.